The van der Waals surface area contributed by atoms with Gasteiger partial charge >= 0.3 is 12.0 Å². The number of carbonyl (C=O) groups excluding carboxylic acids is 1. The molecular formula is C14H19N3O3. The summed E-state index contributed by atoms with van der Waals surface area (Å²) in [6.45, 7) is 2.83. The lowest BCUT2D eigenvalue weighted by molar-refractivity contribution is -0.139. The van der Waals surface area contributed by atoms with Gasteiger partial charge in [0.05, 0.1) is 0 Å². The highest BCUT2D eigenvalue weighted by Gasteiger charge is 2.26. The smallest absolute Gasteiger partial charge is 0.330 e. The fourth-order valence-electron chi connectivity index (χ4n) is 2.16. The van der Waals surface area contributed by atoms with Crippen LogP contribution in [0, 0.1) is 0 Å². The number of hydrogen-bond donors (Lipinski definition) is 2. The van der Waals surface area contributed by atoms with Crippen molar-refractivity contribution >= 4 is 12.0 Å². The van der Waals surface area contributed by atoms with Crippen molar-refractivity contribution in [1.29, 1.82) is 0 Å². The molecule has 2 rings (SSSR count). The highest BCUT2D eigenvalue weighted by atomic mass is 16.4. The lowest BCUT2D eigenvalue weighted by Crippen LogP contribution is -2.51. The van der Waals surface area contributed by atoms with Crippen molar-refractivity contribution in [2.45, 2.75) is 6.04 Å². The van der Waals surface area contributed by atoms with Crippen LogP contribution in [0.25, 0.3) is 0 Å². The van der Waals surface area contributed by atoms with Gasteiger partial charge in [0.2, 0.25) is 0 Å². The van der Waals surface area contributed by atoms with Gasteiger partial charge in [-0.05, 0) is 12.6 Å². The summed E-state index contributed by atoms with van der Waals surface area (Å²) in [7, 11) is 2.00. The SMILES string of the molecule is CN1CCN(C(=O)N[C@@H](C(=O)O)c2ccccc2)CC1. The Hall–Kier alpha value is -2.08. The molecule has 1 aromatic rings. The third kappa shape index (κ3) is 3.48. The van der Waals surface area contributed by atoms with Crippen LogP contribution in [0.5, 0.6) is 0 Å². The van der Waals surface area contributed by atoms with Gasteiger partial charge in [-0.1, -0.05) is 30.3 Å². The van der Waals surface area contributed by atoms with Crippen LogP contribution in [0.15, 0.2) is 30.3 Å². The van der Waals surface area contributed by atoms with E-state index in [1.165, 1.54) is 0 Å². The summed E-state index contributed by atoms with van der Waals surface area (Å²) in [4.78, 5) is 27.2. The zero-order chi connectivity index (χ0) is 14.5. The number of nitrogens with zero attached hydrogens (tertiary/aromatic N) is 2. The molecule has 1 saturated heterocycles. The van der Waals surface area contributed by atoms with Gasteiger partial charge in [0, 0.05) is 26.2 Å². The van der Waals surface area contributed by atoms with Crippen LogP contribution >= 0.6 is 0 Å². The van der Waals surface area contributed by atoms with Crippen LogP contribution in [-0.4, -0.2) is 60.1 Å². The number of aliphatic carboxylic acids is 1. The molecule has 2 amide bonds. The molecule has 1 atom stereocenters. The second kappa shape index (κ2) is 6.38. The Bertz CT molecular complexity index is 470. The minimum absolute atomic E-state index is 0.325. The number of carbonyl (C=O) groups is 2. The Morgan fingerprint density at radius 2 is 1.75 bits per heavy atom. The predicted molar refractivity (Wildman–Crippen MR) is 74.4 cm³/mol. The number of amides is 2. The zero-order valence-corrected chi connectivity index (χ0v) is 11.5. The Morgan fingerprint density at radius 3 is 2.30 bits per heavy atom. The maximum atomic E-state index is 12.1. The molecule has 1 aliphatic heterocycles. The van der Waals surface area contributed by atoms with Gasteiger partial charge < -0.3 is 20.2 Å². The first-order valence-electron chi connectivity index (χ1n) is 6.59. The first-order valence-corrected chi connectivity index (χ1v) is 6.59. The van der Waals surface area contributed by atoms with Crippen LogP contribution in [0.1, 0.15) is 11.6 Å². The second-order valence-electron chi connectivity index (χ2n) is 4.92. The highest BCUT2D eigenvalue weighted by Crippen LogP contribution is 2.13. The third-order valence-electron chi connectivity index (χ3n) is 3.44. The lowest BCUT2D eigenvalue weighted by atomic mass is 10.1. The van der Waals surface area contributed by atoms with Crippen molar-refractivity contribution in [1.82, 2.24) is 15.1 Å². The van der Waals surface area contributed by atoms with Crippen molar-refractivity contribution in [3.05, 3.63) is 35.9 Å². The molecule has 1 aromatic carbocycles. The first kappa shape index (κ1) is 14.3. The molecule has 2 N–H and O–H groups in total. The number of rotatable bonds is 3. The Labute approximate surface area is 118 Å². The molecule has 1 heterocycles. The van der Waals surface area contributed by atoms with E-state index in [0.29, 0.717) is 18.7 Å². The molecule has 0 aliphatic carbocycles. The highest BCUT2D eigenvalue weighted by molar-refractivity contribution is 5.83. The van der Waals surface area contributed by atoms with Gasteiger partial charge in [-0.2, -0.15) is 0 Å². The molecule has 0 radical (unpaired) electrons. The zero-order valence-electron chi connectivity index (χ0n) is 11.5. The van der Waals surface area contributed by atoms with Gasteiger partial charge in [0.15, 0.2) is 6.04 Å². The number of likely N-dealkylation sites (N-methyl/N-ethyl adjacent to an activating group) is 1. The summed E-state index contributed by atoms with van der Waals surface area (Å²) in [5, 5.41) is 11.9. The number of carboxylic acids is 1. The normalized spacial score (nSPS) is 17.6. The van der Waals surface area contributed by atoms with E-state index in [9.17, 15) is 14.7 Å². The summed E-state index contributed by atoms with van der Waals surface area (Å²) in [5.74, 6) is -1.06. The molecule has 6 nitrogen and oxygen atoms in total. The predicted octanol–water partition coefficient (Wildman–Crippen LogP) is 0.769. The number of nitrogens with one attached hydrogen (secondary N) is 1. The number of piperazine rings is 1. The van der Waals surface area contributed by atoms with Crippen molar-refractivity contribution < 1.29 is 14.7 Å². The maximum Gasteiger partial charge on any atom is 0.330 e. The molecule has 20 heavy (non-hydrogen) atoms. The third-order valence-corrected chi connectivity index (χ3v) is 3.44. The minimum Gasteiger partial charge on any atom is -0.479 e. The summed E-state index contributed by atoms with van der Waals surface area (Å²) < 4.78 is 0. The van der Waals surface area contributed by atoms with Crippen molar-refractivity contribution in [3.63, 3.8) is 0 Å². The van der Waals surface area contributed by atoms with E-state index in [4.69, 9.17) is 0 Å². The van der Waals surface area contributed by atoms with E-state index in [1.807, 2.05) is 13.1 Å². The summed E-state index contributed by atoms with van der Waals surface area (Å²) >= 11 is 0. The molecule has 0 unspecified atom stereocenters. The lowest BCUT2D eigenvalue weighted by Gasteiger charge is -2.33. The average Bonchev–Trinajstić information content (AvgIpc) is 2.46. The molecule has 0 saturated carbocycles. The van der Waals surface area contributed by atoms with Crippen LogP contribution in [0.3, 0.4) is 0 Å². The quantitative estimate of drug-likeness (QED) is 0.856. The topological polar surface area (TPSA) is 72.9 Å². The summed E-state index contributed by atoms with van der Waals surface area (Å²) in [6.07, 6.45) is 0. The van der Waals surface area contributed by atoms with Gasteiger partial charge in [0.1, 0.15) is 0 Å². The van der Waals surface area contributed by atoms with Gasteiger partial charge in [-0.3, -0.25) is 0 Å². The van der Waals surface area contributed by atoms with Crippen LogP contribution in [0.4, 0.5) is 4.79 Å². The maximum absolute atomic E-state index is 12.1. The molecule has 0 bridgehead atoms. The van der Waals surface area contributed by atoms with Crippen molar-refractivity contribution in [2.75, 3.05) is 33.2 Å². The monoisotopic (exact) mass is 277 g/mol. The van der Waals surface area contributed by atoms with E-state index in [0.717, 1.165) is 13.1 Å². The second-order valence-corrected chi connectivity index (χ2v) is 4.92. The number of urea groups is 1. The van der Waals surface area contributed by atoms with Gasteiger partial charge in [-0.25, -0.2) is 9.59 Å². The summed E-state index contributed by atoms with van der Waals surface area (Å²) in [5.41, 5.74) is 0.572. The fourth-order valence-corrected chi connectivity index (χ4v) is 2.16. The van der Waals surface area contributed by atoms with Gasteiger partial charge in [0.25, 0.3) is 0 Å². The minimum atomic E-state index is -1.06. The molecule has 6 heteroatoms. The van der Waals surface area contributed by atoms with Crippen LogP contribution < -0.4 is 5.32 Å². The Balaban J connectivity index is 2.02. The van der Waals surface area contributed by atoms with Crippen LogP contribution in [-0.2, 0) is 4.79 Å². The molecule has 0 spiro atoms. The summed E-state index contributed by atoms with van der Waals surface area (Å²) in [6, 6.07) is 7.38. The number of carboxylic acid groups (broad SMARTS) is 1. The number of benzene rings is 1. The van der Waals surface area contributed by atoms with E-state index in [-0.39, 0.29) is 6.03 Å². The largest absolute Gasteiger partial charge is 0.479 e. The van der Waals surface area contributed by atoms with Crippen LogP contribution in [0.2, 0.25) is 0 Å². The van der Waals surface area contributed by atoms with E-state index in [1.54, 1.807) is 29.2 Å². The van der Waals surface area contributed by atoms with Gasteiger partial charge in [-0.15, -0.1) is 0 Å². The Morgan fingerprint density at radius 1 is 1.15 bits per heavy atom. The van der Waals surface area contributed by atoms with E-state index < -0.39 is 12.0 Å². The van der Waals surface area contributed by atoms with Crippen molar-refractivity contribution in [2.24, 2.45) is 0 Å². The molecular weight excluding hydrogens is 258 g/mol. The van der Waals surface area contributed by atoms with Crippen molar-refractivity contribution in [3.8, 4) is 0 Å². The molecule has 1 fully saturated rings. The molecule has 1 aliphatic rings. The first-order chi connectivity index (χ1) is 9.58. The standard InChI is InChI=1S/C14H19N3O3/c1-16-7-9-17(10-8-16)14(20)15-12(13(18)19)11-5-3-2-4-6-11/h2-6,12H,7-10H2,1H3,(H,15,20)(H,18,19)/t12-/m1/s1. The number of hydrogen-bond acceptors (Lipinski definition) is 3. The van der Waals surface area contributed by atoms with E-state index in [2.05, 4.69) is 10.2 Å². The molecule has 108 valence electrons. The Kier molecular flexibility index (Phi) is 4.57. The fraction of sp³-hybridized carbons (Fsp3) is 0.429. The van der Waals surface area contributed by atoms with E-state index >= 15 is 0 Å². The average molecular weight is 277 g/mol. The molecule has 0 aromatic heterocycles.